The van der Waals surface area contributed by atoms with Crippen molar-refractivity contribution in [2.45, 2.75) is 26.4 Å². The zero-order valence-corrected chi connectivity index (χ0v) is 16.4. The summed E-state index contributed by atoms with van der Waals surface area (Å²) in [4.78, 5) is 4.37. The number of aromatic nitrogens is 1. The van der Waals surface area contributed by atoms with Crippen molar-refractivity contribution in [3.63, 3.8) is 0 Å². The van der Waals surface area contributed by atoms with Crippen LogP contribution in [0.15, 0.2) is 43.9 Å². The minimum atomic E-state index is 0.399. The standard InChI is InChI=1S/C15H15Br3N2O/c1-9(2)19-7-10-5-12(17)8-20-15(10)21-14-4-3-11(16)6-13(14)18/h3-6,8-9,19H,7H2,1-2H3. The van der Waals surface area contributed by atoms with Crippen molar-refractivity contribution in [3.8, 4) is 11.6 Å². The van der Waals surface area contributed by atoms with E-state index in [9.17, 15) is 0 Å². The lowest BCUT2D eigenvalue weighted by molar-refractivity contribution is 0.447. The summed E-state index contributed by atoms with van der Waals surface area (Å²) in [6.45, 7) is 4.92. The first-order valence-corrected chi connectivity index (χ1v) is 8.84. The number of nitrogens with one attached hydrogen (secondary N) is 1. The van der Waals surface area contributed by atoms with Crippen molar-refractivity contribution in [2.75, 3.05) is 0 Å². The van der Waals surface area contributed by atoms with E-state index >= 15 is 0 Å². The highest BCUT2D eigenvalue weighted by Crippen LogP contribution is 2.33. The molecule has 2 rings (SSSR count). The number of hydrogen-bond donors (Lipinski definition) is 1. The Hall–Kier alpha value is -0.430. The van der Waals surface area contributed by atoms with Gasteiger partial charge in [-0.15, -0.1) is 0 Å². The van der Waals surface area contributed by atoms with E-state index in [0.717, 1.165) is 24.7 Å². The van der Waals surface area contributed by atoms with E-state index in [1.54, 1.807) is 6.20 Å². The van der Waals surface area contributed by atoms with E-state index in [4.69, 9.17) is 4.74 Å². The van der Waals surface area contributed by atoms with Gasteiger partial charge in [0.25, 0.3) is 0 Å². The molecule has 0 spiro atoms. The molecule has 1 N–H and O–H groups in total. The quantitative estimate of drug-likeness (QED) is 0.602. The molecule has 21 heavy (non-hydrogen) atoms. The Bertz CT molecular complexity index is 632. The molecule has 0 aliphatic heterocycles. The molecule has 1 aromatic heterocycles. The van der Waals surface area contributed by atoms with Crippen LogP contribution in [0.2, 0.25) is 0 Å². The number of ether oxygens (including phenoxy) is 1. The number of nitrogens with zero attached hydrogens (tertiary/aromatic N) is 1. The highest BCUT2D eigenvalue weighted by molar-refractivity contribution is 9.11. The van der Waals surface area contributed by atoms with Gasteiger partial charge >= 0.3 is 0 Å². The summed E-state index contributed by atoms with van der Waals surface area (Å²) in [6, 6.07) is 8.20. The Morgan fingerprint density at radius 1 is 1.14 bits per heavy atom. The van der Waals surface area contributed by atoms with Gasteiger partial charge in [-0.2, -0.15) is 0 Å². The van der Waals surface area contributed by atoms with Crippen molar-refractivity contribution in [2.24, 2.45) is 0 Å². The molecule has 0 bridgehead atoms. The zero-order chi connectivity index (χ0) is 15.4. The minimum absolute atomic E-state index is 0.399. The largest absolute Gasteiger partial charge is 0.438 e. The molecule has 0 aliphatic rings. The lowest BCUT2D eigenvalue weighted by Gasteiger charge is -2.14. The Morgan fingerprint density at radius 2 is 1.90 bits per heavy atom. The smallest absolute Gasteiger partial charge is 0.223 e. The van der Waals surface area contributed by atoms with Crippen LogP contribution in [0.5, 0.6) is 11.6 Å². The normalized spacial score (nSPS) is 11.0. The molecule has 0 unspecified atom stereocenters. The lowest BCUT2D eigenvalue weighted by Crippen LogP contribution is -2.22. The van der Waals surface area contributed by atoms with Crippen LogP contribution in [0.1, 0.15) is 19.4 Å². The maximum Gasteiger partial charge on any atom is 0.223 e. The first kappa shape index (κ1) is 16.9. The van der Waals surface area contributed by atoms with Gasteiger partial charge in [-0.1, -0.05) is 29.8 Å². The molecule has 0 saturated carbocycles. The summed E-state index contributed by atoms with van der Waals surface area (Å²) in [6.07, 6.45) is 1.74. The number of benzene rings is 1. The maximum atomic E-state index is 5.94. The molecule has 2 aromatic rings. The van der Waals surface area contributed by atoms with Gasteiger partial charge < -0.3 is 10.1 Å². The molecular weight excluding hydrogens is 464 g/mol. The van der Waals surface area contributed by atoms with Gasteiger partial charge in [0.1, 0.15) is 5.75 Å². The SMILES string of the molecule is CC(C)NCc1cc(Br)cnc1Oc1ccc(Br)cc1Br. The molecule has 1 aromatic carbocycles. The first-order chi connectivity index (χ1) is 9.95. The number of halogens is 3. The molecule has 112 valence electrons. The molecule has 0 atom stereocenters. The third-order valence-corrected chi connectivity index (χ3v) is 4.24. The number of pyridine rings is 1. The predicted octanol–water partition coefficient (Wildman–Crippen LogP) is 5.66. The fraction of sp³-hybridized carbons (Fsp3) is 0.267. The molecule has 0 fully saturated rings. The second-order valence-corrected chi connectivity index (χ2v) is 7.52. The topological polar surface area (TPSA) is 34.2 Å². The van der Waals surface area contributed by atoms with Crippen molar-refractivity contribution >= 4 is 47.8 Å². The molecular formula is C15H15Br3N2O. The van der Waals surface area contributed by atoms with Gasteiger partial charge in [0.05, 0.1) is 4.47 Å². The van der Waals surface area contributed by atoms with Gasteiger partial charge in [0.15, 0.2) is 0 Å². The van der Waals surface area contributed by atoms with Gasteiger partial charge in [-0.05, 0) is 56.1 Å². The summed E-state index contributed by atoms with van der Waals surface area (Å²) in [5.74, 6) is 1.34. The zero-order valence-electron chi connectivity index (χ0n) is 11.7. The molecule has 0 radical (unpaired) electrons. The first-order valence-electron chi connectivity index (χ1n) is 6.46. The van der Waals surface area contributed by atoms with Crippen LogP contribution in [0.25, 0.3) is 0 Å². The summed E-state index contributed by atoms with van der Waals surface area (Å²) in [5.41, 5.74) is 1.01. The average Bonchev–Trinajstić information content (AvgIpc) is 2.41. The molecule has 0 amide bonds. The summed E-state index contributed by atoms with van der Waals surface area (Å²) in [5, 5.41) is 3.38. The number of hydrogen-bond acceptors (Lipinski definition) is 3. The highest BCUT2D eigenvalue weighted by atomic mass is 79.9. The predicted molar refractivity (Wildman–Crippen MR) is 95.8 cm³/mol. The number of rotatable bonds is 5. The second kappa shape index (κ2) is 7.72. The van der Waals surface area contributed by atoms with E-state index < -0.39 is 0 Å². The Balaban J connectivity index is 2.26. The maximum absolute atomic E-state index is 5.94. The van der Waals surface area contributed by atoms with Gasteiger partial charge in [-0.25, -0.2) is 4.98 Å². The molecule has 0 saturated heterocycles. The second-order valence-electron chi connectivity index (χ2n) is 4.83. The van der Waals surface area contributed by atoms with E-state index in [1.807, 2.05) is 24.3 Å². The van der Waals surface area contributed by atoms with E-state index in [2.05, 4.69) is 71.9 Å². The van der Waals surface area contributed by atoms with Crippen LogP contribution in [0.3, 0.4) is 0 Å². The fourth-order valence-corrected chi connectivity index (χ4v) is 3.17. The average molecular weight is 479 g/mol. The fourth-order valence-electron chi connectivity index (χ4n) is 1.66. The van der Waals surface area contributed by atoms with Gasteiger partial charge in [0.2, 0.25) is 5.88 Å². The summed E-state index contributed by atoms with van der Waals surface area (Å²) >= 11 is 10.4. The lowest BCUT2D eigenvalue weighted by atomic mass is 10.2. The highest BCUT2D eigenvalue weighted by Gasteiger charge is 2.10. The van der Waals surface area contributed by atoms with Crippen LogP contribution < -0.4 is 10.1 Å². The van der Waals surface area contributed by atoms with Crippen molar-refractivity contribution in [1.29, 1.82) is 0 Å². The summed E-state index contributed by atoms with van der Waals surface area (Å²) in [7, 11) is 0. The monoisotopic (exact) mass is 476 g/mol. The Kier molecular flexibility index (Phi) is 6.22. The van der Waals surface area contributed by atoms with E-state index in [1.165, 1.54) is 0 Å². The van der Waals surface area contributed by atoms with Crippen LogP contribution in [0.4, 0.5) is 0 Å². The Labute approximate surface area is 149 Å². The van der Waals surface area contributed by atoms with Crippen molar-refractivity contribution in [3.05, 3.63) is 49.4 Å². The molecule has 6 heteroatoms. The van der Waals surface area contributed by atoms with Crippen molar-refractivity contribution in [1.82, 2.24) is 10.3 Å². The van der Waals surface area contributed by atoms with Gasteiger partial charge in [0, 0.05) is 33.3 Å². The third kappa shape index (κ3) is 5.06. The van der Waals surface area contributed by atoms with Crippen molar-refractivity contribution < 1.29 is 4.74 Å². The van der Waals surface area contributed by atoms with E-state index in [-0.39, 0.29) is 0 Å². The van der Waals surface area contributed by atoms with Crippen LogP contribution >= 0.6 is 47.8 Å². The van der Waals surface area contributed by atoms with Gasteiger partial charge in [-0.3, -0.25) is 0 Å². The van der Waals surface area contributed by atoms with Crippen LogP contribution in [-0.2, 0) is 6.54 Å². The summed E-state index contributed by atoms with van der Waals surface area (Å²) < 4.78 is 8.75. The third-order valence-electron chi connectivity index (χ3n) is 2.69. The minimum Gasteiger partial charge on any atom is -0.438 e. The molecule has 3 nitrogen and oxygen atoms in total. The molecule has 0 aliphatic carbocycles. The van der Waals surface area contributed by atoms with E-state index in [0.29, 0.717) is 18.5 Å². The Morgan fingerprint density at radius 3 is 2.57 bits per heavy atom. The van der Waals surface area contributed by atoms with Crippen LogP contribution in [0, 0.1) is 0 Å². The van der Waals surface area contributed by atoms with Crippen LogP contribution in [-0.4, -0.2) is 11.0 Å². The molecule has 1 heterocycles.